The van der Waals surface area contributed by atoms with Crippen LogP contribution < -0.4 is 5.32 Å². The Morgan fingerprint density at radius 3 is 2.60 bits per heavy atom. The minimum absolute atomic E-state index is 0.174. The van der Waals surface area contributed by atoms with Gasteiger partial charge in [0.05, 0.1) is 13.5 Å². The highest BCUT2D eigenvalue weighted by Gasteiger charge is 2.08. The van der Waals surface area contributed by atoms with Gasteiger partial charge in [-0.05, 0) is 30.2 Å². The molecule has 0 bridgehead atoms. The van der Waals surface area contributed by atoms with Crippen LogP contribution in [-0.4, -0.2) is 30.7 Å². The number of aromatic nitrogens is 1. The van der Waals surface area contributed by atoms with E-state index in [1.165, 1.54) is 29.1 Å². The van der Waals surface area contributed by atoms with Gasteiger partial charge in [0.2, 0.25) is 0 Å². The van der Waals surface area contributed by atoms with Gasteiger partial charge in [0.15, 0.2) is 0 Å². The maximum absolute atomic E-state index is 11.1. The molecule has 0 atom stereocenters. The second kappa shape index (κ2) is 8.49. The number of ether oxygens (including phenoxy) is 1. The van der Waals surface area contributed by atoms with Gasteiger partial charge in [0.1, 0.15) is 0 Å². The van der Waals surface area contributed by atoms with Gasteiger partial charge in [-0.25, -0.2) is 0 Å². The molecule has 0 saturated heterocycles. The molecule has 0 fully saturated rings. The Kier molecular flexibility index (Phi) is 5.86. The summed E-state index contributed by atoms with van der Waals surface area (Å²) in [6, 6.07) is 19.0. The van der Waals surface area contributed by atoms with Gasteiger partial charge < -0.3 is 14.6 Å². The van der Waals surface area contributed by atoms with E-state index in [-0.39, 0.29) is 5.97 Å². The molecular formula is C21H24N2O2. The third-order valence-corrected chi connectivity index (χ3v) is 4.37. The predicted molar refractivity (Wildman–Crippen MR) is 101 cm³/mol. The molecule has 0 unspecified atom stereocenters. The number of nitrogens with one attached hydrogen (secondary N) is 1. The van der Waals surface area contributed by atoms with E-state index in [1.54, 1.807) is 0 Å². The number of benzene rings is 2. The molecule has 4 heteroatoms. The minimum atomic E-state index is -0.174. The van der Waals surface area contributed by atoms with Gasteiger partial charge in [0, 0.05) is 30.2 Å². The molecule has 130 valence electrons. The van der Waals surface area contributed by atoms with E-state index in [1.807, 2.05) is 6.07 Å². The van der Waals surface area contributed by atoms with E-state index >= 15 is 0 Å². The van der Waals surface area contributed by atoms with Crippen molar-refractivity contribution in [2.75, 3.05) is 20.2 Å². The van der Waals surface area contributed by atoms with Crippen LogP contribution in [0, 0.1) is 0 Å². The van der Waals surface area contributed by atoms with Gasteiger partial charge >= 0.3 is 5.97 Å². The topological polar surface area (TPSA) is 43.3 Å². The van der Waals surface area contributed by atoms with E-state index in [0.717, 1.165) is 19.5 Å². The Morgan fingerprint density at radius 1 is 1.04 bits per heavy atom. The molecular weight excluding hydrogens is 312 g/mol. The molecule has 1 N–H and O–H groups in total. The Bertz CT molecular complexity index is 824. The second-order valence-corrected chi connectivity index (χ2v) is 6.11. The number of carbonyl (C=O) groups excluding carboxylic acids is 1. The molecule has 1 aromatic heterocycles. The average Bonchev–Trinajstić information content (AvgIpc) is 3.00. The molecule has 3 aromatic rings. The zero-order chi connectivity index (χ0) is 17.5. The number of nitrogens with zero attached hydrogens (tertiary/aromatic N) is 1. The maximum atomic E-state index is 11.1. The third kappa shape index (κ3) is 4.48. The van der Waals surface area contributed by atoms with Crippen LogP contribution in [0.2, 0.25) is 0 Å². The fraction of sp³-hybridized carbons (Fsp3) is 0.286. The van der Waals surface area contributed by atoms with E-state index in [2.05, 4.69) is 69.3 Å². The van der Waals surface area contributed by atoms with Crippen LogP contribution in [0.15, 0.2) is 60.8 Å². The van der Waals surface area contributed by atoms with Crippen LogP contribution >= 0.6 is 0 Å². The number of para-hydroxylation sites is 1. The summed E-state index contributed by atoms with van der Waals surface area (Å²) in [6.07, 6.45) is 3.59. The highest BCUT2D eigenvalue weighted by molar-refractivity contribution is 5.84. The SMILES string of the molecule is COC(=O)CCNCCc1cn(Cc2ccccc2)c2ccccc12. The Morgan fingerprint density at radius 2 is 1.80 bits per heavy atom. The molecule has 0 amide bonds. The lowest BCUT2D eigenvalue weighted by Crippen LogP contribution is -2.21. The summed E-state index contributed by atoms with van der Waals surface area (Å²) in [7, 11) is 1.42. The third-order valence-electron chi connectivity index (χ3n) is 4.37. The molecule has 4 nitrogen and oxygen atoms in total. The summed E-state index contributed by atoms with van der Waals surface area (Å²) in [5, 5.41) is 4.61. The second-order valence-electron chi connectivity index (χ2n) is 6.11. The lowest BCUT2D eigenvalue weighted by molar-refractivity contribution is -0.140. The normalized spacial score (nSPS) is 10.9. The summed E-state index contributed by atoms with van der Waals surface area (Å²) in [5.41, 5.74) is 3.89. The van der Waals surface area contributed by atoms with Crippen molar-refractivity contribution in [1.82, 2.24) is 9.88 Å². The molecule has 0 spiro atoms. The monoisotopic (exact) mass is 336 g/mol. The van der Waals surface area contributed by atoms with Crippen LogP contribution in [0.4, 0.5) is 0 Å². The fourth-order valence-electron chi connectivity index (χ4n) is 3.07. The first-order chi connectivity index (χ1) is 12.3. The van der Waals surface area contributed by atoms with Crippen LogP contribution in [0.3, 0.4) is 0 Å². The van der Waals surface area contributed by atoms with Gasteiger partial charge in [-0.2, -0.15) is 0 Å². The number of fused-ring (bicyclic) bond motifs is 1. The summed E-state index contributed by atoms with van der Waals surface area (Å²) in [6.45, 7) is 2.36. The maximum Gasteiger partial charge on any atom is 0.306 e. The fourth-order valence-corrected chi connectivity index (χ4v) is 3.07. The number of rotatable bonds is 8. The number of carbonyl (C=O) groups is 1. The van der Waals surface area contributed by atoms with Gasteiger partial charge in [0.25, 0.3) is 0 Å². The van der Waals surface area contributed by atoms with Crippen LogP contribution in [0.25, 0.3) is 10.9 Å². The predicted octanol–water partition coefficient (Wildman–Crippen LogP) is 3.38. The van der Waals surface area contributed by atoms with Crippen molar-refractivity contribution < 1.29 is 9.53 Å². The molecule has 25 heavy (non-hydrogen) atoms. The van der Waals surface area contributed by atoms with Crippen molar-refractivity contribution in [3.05, 3.63) is 71.9 Å². The molecule has 0 aliphatic carbocycles. The number of esters is 1. The minimum Gasteiger partial charge on any atom is -0.469 e. The van der Waals surface area contributed by atoms with E-state index in [0.29, 0.717) is 13.0 Å². The highest BCUT2D eigenvalue weighted by atomic mass is 16.5. The molecule has 2 aromatic carbocycles. The zero-order valence-electron chi connectivity index (χ0n) is 14.6. The quantitative estimate of drug-likeness (QED) is 0.506. The Labute approximate surface area is 148 Å². The average molecular weight is 336 g/mol. The first-order valence-corrected chi connectivity index (χ1v) is 8.66. The number of methoxy groups -OCH3 is 1. The largest absolute Gasteiger partial charge is 0.469 e. The zero-order valence-corrected chi connectivity index (χ0v) is 14.6. The Hall–Kier alpha value is -2.59. The smallest absolute Gasteiger partial charge is 0.306 e. The van der Waals surface area contributed by atoms with Crippen molar-refractivity contribution in [2.24, 2.45) is 0 Å². The summed E-state index contributed by atoms with van der Waals surface area (Å²) < 4.78 is 6.96. The molecule has 0 aliphatic rings. The molecule has 3 rings (SSSR count). The van der Waals surface area contributed by atoms with Crippen molar-refractivity contribution in [3.8, 4) is 0 Å². The van der Waals surface area contributed by atoms with Crippen molar-refractivity contribution in [1.29, 1.82) is 0 Å². The summed E-state index contributed by atoms with van der Waals surface area (Å²) in [4.78, 5) is 11.1. The lowest BCUT2D eigenvalue weighted by atomic mass is 10.1. The molecule has 0 saturated carbocycles. The van der Waals surface area contributed by atoms with Gasteiger partial charge in [-0.3, -0.25) is 4.79 Å². The number of hydrogen-bond donors (Lipinski definition) is 1. The van der Waals surface area contributed by atoms with E-state index < -0.39 is 0 Å². The standard InChI is InChI=1S/C21H24N2O2/c1-25-21(24)12-14-22-13-11-18-16-23(15-17-7-3-2-4-8-17)20-10-6-5-9-19(18)20/h2-10,16,22H,11-15H2,1H3. The van der Waals surface area contributed by atoms with Crippen molar-refractivity contribution in [3.63, 3.8) is 0 Å². The van der Waals surface area contributed by atoms with Gasteiger partial charge in [-0.1, -0.05) is 48.5 Å². The van der Waals surface area contributed by atoms with Crippen LogP contribution in [0.5, 0.6) is 0 Å². The van der Waals surface area contributed by atoms with Gasteiger partial charge in [-0.15, -0.1) is 0 Å². The van der Waals surface area contributed by atoms with Crippen LogP contribution in [0.1, 0.15) is 17.5 Å². The first kappa shape index (κ1) is 17.2. The lowest BCUT2D eigenvalue weighted by Gasteiger charge is -2.05. The highest BCUT2D eigenvalue weighted by Crippen LogP contribution is 2.22. The first-order valence-electron chi connectivity index (χ1n) is 8.66. The summed E-state index contributed by atoms with van der Waals surface area (Å²) >= 11 is 0. The van der Waals surface area contributed by atoms with Crippen molar-refractivity contribution in [2.45, 2.75) is 19.4 Å². The molecule has 1 heterocycles. The number of hydrogen-bond acceptors (Lipinski definition) is 3. The Balaban J connectivity index is 1.68. The molecule has 0 aliphatic heterocycles. The van der Waals surface area contributed by atoms with Crippen LogP contribution in [-0.2, 0) is 22.5 Å². The van der Waals surface area contributed by atoms with Crippen molar-refractivity contribution >= 4 is 16.9 Å². The molecule has 0 radical (unpaired) electrons. The van der Waals surface area contributed by atoms with E-state index in [4.69, 9.17) is 0 Å². The summed E-state index contributed by atoms with van der Waals surface area (Å²) in [5.74, 6) is -0.174. The van der Waals surface area contributed by atoms with E-state index in [9.17, 15) is 4.79 Å².